The molecule has 2 nitrogen and oxygen atoms in total. The molecule has 2 aromatic rings. The topological polar surface area (TPSA) is 28.8 Å². The highest BCUT2D eigenvalue weighted by Gasteiger charge is 2.14. The van der Waals surface area contributed by atoms with Gasteiger partial charge in [-0.3, -0.25) is 0 Å². The lowest BCUT2D eigenvalue weighted by Crippen LogP contribution is -2.05. The van der Waals surface area contributed by atoms with E-state index in [4.69, 9.17) is 5.41 Å². The van der Waals surface area contributed by atoms with Crippen LogP contribution in [0.2, 0.25) is 0 Å². The van der Waals surface area contributed by atoms with Crippen LogP contribution in [-0.2, 0) is 13.0 Å². The molecule has 2 heteroatoms. The van der Waals surface area contributed by atoms with Gasteiger partial charge in [-0.25, -0.2) is 0 Å². The molecular formula is C12H12N2. The maximum atomic E-state index is 7.37. The second-order valence-electron chi connectivity index (χ2n) is 3.84. The fraction of sp³-hybridized carbons (Fsp3) is 0.250. The van der Waals surface area contributed by atoms with Crippen LogP contribution in [0.3, 0.4) is 0 Å². The standard InChI is InChI=1S/C12H12N2/c13-7-10-8-14-6-2-4-9-3-1-5-11(10)12(9)14/h1,3,5,7-8,13H,2,4,6H2. The van der Waals surface area contributed by atoms with Crippen LogP contribution in [0.15, 0.2) is 24.4 Å². The van der Waals surface area contributed by atoms with E-state index in [-0.39, 0.29) is 0 Å². The Balaban J connectivity index is 2.48. The number of nitrogens with zero attached hydrogens (tertiary/aromatic N) is 1. The van der Waals surface area contributed by atoms with Gasteiger partial charge < -0.3 is 9.98 Å². The van der Waals surface area contributed by atoms with Crippen LogP contribution in [0.1, 0.15) is 17.5 Å². The molecule has 14 heavy (non-hydrogen) atoms. The summed E-state index contributed by atoms with van der Waals surface area (Å²) in [6, 6.07) is 6.41. The highest BCUT2D eigenvalue weighted by atomic mass is 15.0. The Bertz CT molecular complexity index is 508. The van der Waals surface area contributed by atoms with E-state index in [1.54, 1.807) is 0 Å². The molecule has 1 aliphatic rings. The van der Waals surface area contributed by atoms with Gasteiger partial charge >= 0.3 is 0 Å². The number of benzene rings is 1. The predicted molar refractivity (Wildman–Crippen MR) is 58.1 cm³/mol. The van der Waals surface area contributed by atoms with Crippen LogP contribution in [-0.4, -0.2) is 10.8 Å². The van der Waals surface area contributed by atoms with Crippen molar-refractivity contribution < 1.29 is 0 Å². The number of aromatic nitrogens is 1. The monoisotopic (exact) mass is 184 g/mol. The number of para-hydroxylation sites is 1. The minimum absolute atomic E-state index is 1.05. The molecule has 0 amide bonds. The molecular weight excluding hydrogens is 172 g/mol. The van der Waals surface area contributed by atoms with Crippen LogP contribution >= 0.6 is 0 Å². The highest BCUT2D eigenvalue weighted by molar-refractivity contribution is 5.99. The van der Waals surface area contributed by atoms with Gasteiger partial charge in [0, 0.05) is 29.9 Å². The first kappa shape index (κ1) is 7.80. The minimum atomic E-state index is 1.05. The van der Waals surface area contributed by atoms with E-state index in [9.17, 15) is 0 Å². The third-order valence-electron chi connectivity index (χ3n) is 3.01. The van der Waals surface area contributed by atoms with Crippen molar-refractivity contribution in [2.75, 3.05) is 0 Å². The Kier molecular flexibility index (Phi) is 1.51. The van der Waals surface area contributed by atoms with Crippen molar-refractivity contribution in [3.05, 3.63) is 35.5 Å². The largest absolute Gasteiger partial charge is 0.347 e. The van der Waals surface area contributed by atoms with E-state index >= 15 is 0 Å². The van der Waals surface area contributed by atoms with Crippen molar-refractivity contribution in [3.8, 4) is 0 Å². The molecule has 0 bridgehead atoms. The molecule has 0 radical (unpaired) electrons. The molecule has 0 atom stereocenters. The van der Waals surface area contributed by atoms with E-state index in [1.807, 2.05) is 0 Å². The molecule has 1 aromatic carbocycles. The third-order valence-corrected chi connectivity index (χ3v) is 3.01. The van der Waals surface area contributed by atoms with Gasteiger partial charge in [0.05, 0.1) is 5.52 Å². The smallest absolute Gasteiger partial charge is 0.0519 e. The second kappa shape index (κ2) is 2.71. The van der Waals surface area contributed by atoms with Crippen molar-refractivity contribution in [3.63, 3.8) is 0 Å². The average Bonchev–Trinajstić information content (AvgIpc) is 2.60. The molecule has 70 valence electrons. The summed E-state index contributed by atoms with van der Waals surface area (Å²) in [5, 5.41) is 8.60. The van der Waals surface area contributed by atoms with Crippen molar-refractivity contribution in [1.29, 1.82) is 5.41 Å². The highest BCUT2D eigenvalue weighted by Crippen LogP contribution is 2.28. The van der Waals surface area contributed by atoms with Crippen molar-refractivity contribution in [2.45, 2.75) is 19.4 Å². The van der Waals surface area contributed by atoms with Gasteiger partial charge in [-0.05, 0) is 18.4 Å². The number of rotatable bonds is 1. The number of hydrogen-bond donors (Lipinski definition) is 1. The Morgan fingerprint density at radius 3 is 3.14 bits per heavy atom. The number of hydrogen-bond acceptors (Lipinski definition) is 1. The summed E-state index contributed by atoms with van der Waals surface area (Å²) in [6.07, 6.45) is 5.95. The fourth-order valence-corrected chi connectivity index (χ4v) is 2.40. The lowest BCUT2D eigenvalue weighted by atomic mass is 10.0. The Hall–Kier alpha value is -1.57. The molecule has 2 heterocycles. The lowest BCUT2D eigenvalue weighted by molar-refractivity contribution is 0.636. The lowest BCUT2D eigenvalue weighted by Gasteiger charge is -2.14. The summed E-state index contributed by atoms with van der Waals surface area (Å²) in [5.74, 6) is 0. The van der Waals surface area contributed by atoms with E-state index in [0.29, 0.717) is 0 Å². The third kappa shape index (κ3) is 0.882. The molecule has 0 unspecified atom stereocenters. The Labute approximate surface area is 82.7 Å². The number of aryl methyl sites for hydroxylation is 2. The van der Waals surface area contributed by atoms with Crippen LogP contribution in [0, 0.1) is 5.41 Å². The van der Waals surface area contributed by atoms with Crippen LogP contribution in [0.4, 0.5) is 0 Å². The molecule has 3 rings (SSSR count). The Morgan fingerprint density at radius 2 is 2.29 bits per heavy atom. The summed E-state index contributed by atoms with van der Waals surface area (Å²) < 4.78 is 2.29. The molecule has 0 saturated carbocycles. The van der Waals surface area contributed by atoms with Crippen LogP contribution < -0.4 is 0 Å². The minimum Gasteiger partial charge on any atom is -0.347 e. The molecule has 0 spiro atoms. The van der Waals surface area contributed by atoms with Crippen LogP contribution in [0.5, 0.6) is 0 Å². The van der Waals surface area contributed by atoms with Crippen molar-refractivity contribution in [2.24, 2.45) is 0 Å². The molecule has 0 saturated heterocycles. The molecule has 0 fully saturated rings. The van der Waals surface area contributed by atoms with Gasteiger partial charge in [0.2, 0.25) is 0 Å². The first-order chi connectivity index (χ1) is 6.90. The van der Waals surface area contributed by atoms with Gasteiger partial charge in [0.25, 0.3) is 0 Å². The maximum Gasteiger partial charge on any atom is 0.0519 e. The Morgan fingerprint density at radius 1 is 1.36 bits per heavy atom. The zero-order valence-electron chi connectivity index (χ0n) is 7.96. The van der Waals surface area contributed by atoms with Crippen molar-refractivity contribution >= 4 is 17.1 Å². The van der Waals surface area contributed by atoms with E-state index in [2.05, 4.69) is 29.0 Å². The van der Waals surface area contributed by atoms with Gasteiger partial charge in [-0.1, -0.05) is 18.2 Å². The van der Waals surface area contributed by atoms with E-state index in [0.717, 1.165) is 12.1 Å². The summed E-state index contributed by atoms with van der Waals surface area (Å²) in [6.45, 7) is 1.10. The van der Waals surface area contributed by atoms with Crippen LogP contribution in [0.25, 0.3) is 10.9 Å². The number of nitrogens with one attached hydrogen (secondary N) is 1. The maximum absolute atomic E-state index is 7.37. The quantitative estimate of drug-likeness (QED) is 0.660. The van der Waals surface area contributed by atoms with E-state index in [1.165, 1.54) is 35.5 Å². The molecule has 1 aromatic heterocycles. The average molecular weight is 184 g/mol. The van der Waals surface area contributed by atoms with Gasteiger partial charge in [0.15, 0.2) is 0 Å². The first-order valence-corrected chi connectivity index (χ1v) is 5.01. The normalized spacial score (nSPS) is 14.6. The SMILES string of the molecule is N=Cc1cn2c3c(cccc13)CCC2. The summed E-state index contributed by atoms with van der Waals surface area (Å²) in [7, 11) is 0. The second-order valence-corrected chi connectivity index (χ2v) is 3.84. The van der Waals surface area contributed by atoms with Gasteiger partial charge in [0.1, 0.15) is 0 Å². The zero-order valence-corrected chi connectivity index (χ0v) is 7.96. The molecule has 0 aliphatic carbocycles. The first-order valence-electron chi connectivity index (χ1n) is 5.01. The molecule has 1 N–H and O–H groups in total. The van der Waals surface area contributed by atoms with Gasteiger partial charge in [-0.15, -0.1) is 0 Å². The van der Waals surface area contributed by atoms with E-state index < -0.39 is 0 Å². The fourth-order valence-electron chi connectivity index (χ4n) is 2.40. The summed E-state index contributed by atoms with van der Waals surface area (Å²) >= 11 is 0. The predicted octanol–water partition coefficient (Wildman–Crippen LogP) is 2.59. The van der Waals surface area contributed by atoms with Crippen molar-refractivity contribution in [1.82, 2.24) is 4.57 Å². The zero-order chi connectivity index (χ0) is 9.54. The molecule has 1 aliphatic heterocycles. The van der Waals surface area contributed by atoms with Gasteiger partial charge in [-0.2, -0.15) is 0 Å². The summed E-state index contributed by atoms with van der Waals surface area (Å²) in [4.78, 5) is 0. The summed E-state index contributed by atoms with van der Waals surface area (Å²) in [5.41, 5.74) is 3.82.